The molecule has 0 amide bonds. The summed E-state index contributed by atoms with van der Waals surface area (Å²) in [6.07, 6.45) is 0. The van der Waals surface area contributed by atoms with Crippen molar-refractivity contribution in [3.05, 3.63) is 22.3 Å². The van der Waals surface area contributed by atoms with Gasteiger partial charge in [0.1, 0.15) is 0 Å². The second-order valence-electron chi connectivity index (χ2n) is 4.13. The van der Waals surface area contributed by atoms with Gasteiger partial charge < -0.3 is 0 Å². The van der Waals surface area contributed by atoms with Gasteiger partial charge in [0.15, 0.2) is 0 Å². The number of rotatable bonds is 1. The predicted octanol–water partition coefficient (Wildman–Crippen LogP) is 4.18. The Balaban J connectivity index is 3.08. The molecule has 0 N–H and O–H groups in total. The molecule has 0 saturated heterocycles. The summed E-state index contributed by atoms with van der Waals surface area (Å²) in [5.41, 5.74) is 6.50. The molecule has 0 spiro atoms. The normalized spacial score (nSPS) is 19.5. The molecule has 12 heavy (non-hydrogen) atoms. The van der Waals surface area contributed by atoms with Crippen LogP contribution in [-0.4, -0.2) is 0 Å². The van der Waals surface area contributed by atoms with Gasteiger partial charge in [-0.15, -0.1) is 0 Å². The first-order valence-electron chi connectivity index (χ1n) is 4.62. The maximum atomic E-state index is 2.52. The SMILES string of the molecule is CC1=C(C)[CH]([Hf]([CH3])[CH3])C(C)=C1C. The molecule has 67 valence electrons. The molecule has 0 heterocycles. The van der Waals surface area contributed by atoms with Gasteiger partial charge in [0.2, 0.25) is 0 Å². The molecule has 0 nitrogen and oxygen atoms in total. The molecule has 0 aromatic rings. The van der Waals surface area contributed by atoms with Crippen molar-refractivity contribution in [3.8, 4) is 0 Å². The first-order valence-corrected chi connectivity index (χ1v) is 13.9. The van der Waals surface area contributed by atoms with Crippen molar-refractivity contribution in [1.29, 1.82) is 0 Å². The van der Waals surface area contributed by atoms with Crippen LogP contribution in [0.4, 0.5) is 0 Å². The number of allylic oxidation sites excluding steroid dienone is 4. The zero-order valence-electron chi connectivity index (χ0n) is 9.08. The van der Waals surface area contributed by atoms with E-state index in [2.05, 4.69) is 37.1 Å². The van der Waals surface area contributed by atoms with Crippen molar-refractivity contribution in [1.82, 2.24) is 0 Å². The third kappa shape index (κ3) is 1.53. The molecule has 0 radical (unpaired) electrons. The Morgan fingerprint density at radius 2 is 1.17 bits per heavy atom. The van der Waals surface area contributed by atoms with E-state index in [4.69, 9.17) is 0 Å². The Hall–Kier alpha value is 0.350. The fraction of sp³-hybridized carbons (Fsp3) is 0.636. The summed E-state index contributed by atoms with van der Waals surface area (Å²) in [7, 11) is 0. The minimum atomic E-state index is -1.21. The Kier molecular flexibility index (Phi) is 3.14. The van der Waals surface area contributed by atoms with Gasteiger partial charge >= 0.3 is 84.5 Å². The molecule has 0 aliphatic heterocycles. The third-order valence-corrected chi connectivity index (χ3v) is 10.4. The van der Waals surface area contributed by atoms with Crippen LogP contribution < -0.4 is 0 Å². The van der Waals surface area contributed by atoms with Crippen LogP contribution in [0.25, 0.3) is 0 Å². The zero-order valence-corrected chi connectivity index (χ0v) is 12.7. The summed E-state index contributed by atoms with van der Waals surface area (Å²) in [5, 5.41) is 0. The van der Waals surface area contributed by atoms with Crippen molar-refractivity contribution < 1.29 is 21.4 Å². The van der Waals surface area contributed by atoms with E-state index in [0.717, 1.165) is 3.67 Å². The Morgan fingerprint density at radius 3 is 1.33 bits per heavy atom. The summed E-state index contributed by atoms with van der Waals surface area (Å²) in [6.45, 7) is 9.22. The van der Waals surface area contributed by atoms with E-state index in [9.17, 15) is 0 Å². The molecule has 0 unspecified atom stereocenters. The maximum absolute atomic E-state index is 2.52. The van der Waals surface area contributed by atoms with Crippen LogP contribution in [0.2, 0.25) is 13.0 Å². The molecule has 1 rings (SSSR count). The van der Waals surface area contributed by atoms with E-state index in [1.807, 2.05) is 0 Å². The molecule has 0 bridgehead atoms. The van der Waals surface area contributed by atoms with Crippen LogP contribution in [0.15, 0.2) is 22.3 Å². The summed E-state index contributed by atoms with van der Waals surface area (Å²) in [4.78, 5) is 0. The minimum absolute atomic E-state index is 0.926. The van der Waals surface area contributed by atoms with E-state index in [-0.39, 0.29) is 0 Å². The molecule has 0 aromatic heterocycles. The van der Waals surface area contributed by atoms with Crippen molar-refractivity contribution in [2.45, 2.75) is 40.7 Å². The number of hydrogen-bond donors (Lipinski definition) is 0. The fourth-order valence-electron chi connectivity index (χ4n) is 2.22. The summed E-state index contributed by atoms with van der Waals surface area (Å²) >= 11 is -1.21. The summed E-state index contributed by atoms with van der Waals surface area (Å²) < 4.78 is 5.97. The first kappa shape index (κ1) is 10.4. The predicted molar refractivity (Wildman–Crippen MR) is 52.2 cm³/mol. The Bertz CT molecular complexity index is 232. The second-order valence-corrected chi connectivity index (χ2v) is 13.9. The van der Waals surface area contributed by atoms with Crippen LogP contribution in [0.5, 0.6) is 0 Å². The van der Waals surface area contributed by atoms with Crippen LogP contribution in [0.1, 0.15) is 27.7 Å². The molecule has 1 aliphatic rings. The van der Waals surface area contributed by atoms with Crippen LogP contribution in [0, 0.1) is 0 Å². The zero-order chi connectivity index (χ0) is 9.46. The van der Waals surface area contributed by atoms with E-state index in [1.165, 1.54) is 0 Å². The monoisotopic (exact) mass is 331 g/mol. The Morgan fingerprint density at radius 1 is 0.833 bits per heavy atom. The van der Waals surface area contributed by atoms with Crippen LogP contribution >= 0.6 is 0 Å². The van der Waals surface area contributed by atoms with E-state index in [0.29, 0.717) is 0 Å². The Labute approximate surface area is 84.3 Å². The molecular weight excluding hydrogens is 311 g/mol. The van der Waals surface area contributed by atoms with Crippen molar-refractivity contribution in [2.75, 3.05) is 0 Å². The quantitative estimate of drug-likeness (QED) is 0.633. The molecule has 0 fully saturated rings. The fourth-order valence-corrected chi connectivity index (χ4v) is 9.99. The topological polar surface area (TPSA) is 0 Å². The van der Waals surface area contributed by atoms with Gasteiger partial charge in [-0.3, -0.25) is 0 Å². The third-order valence-electron chi connectivity index (χ3n) is 3.19. The van der Waals surface area contributed by atoms with Gasteiger partial charge in [0.25, 0.3) is 0 Å². The van der Waals surface area contributed by atoms with Gasteiger partial charge in [-0.2, -0.15) is 0 Å². The average Bonchev–Trinajstić information content (AvgIpc) is 2.16. The molecule has 1 heteroatoms. The molecular formula is C11H19Hf. The average molecular weight is 330 g/mol. The molecule has 0 atom stereocenters. The molecule has 0 saturated carbocycles. The van der Waals surface area contributed by atoms with E-state index < -0.39 is 21.4 Å². The van der Waals surface area contributed by atoms with Crippen molar-refractivity contribution in [2.24, 2.45) is 0 Å². The molecule has 1 aliphatic carbocycles. The van der Waals surface area contributed by atoms with E-state index >= 15 is 0 Å². The van der Waals surface area contributed by atoms with Gasteiger partial charge in [0.05, 0.1) is 0 Å². The number of hydrogen-bond acceptors (Lipinski definition) is 0. The van der Waals surface area contributed by atoms with E-state index in [1.54, 1.807) is 22.3 Å². The van der Waals surface area contributed by atoms with Gasteiger partial charge in [-0.25, -0.2) is 0 Å². The van der Waals surface area contributed by atoms with Gasteiger partial charge in [0, 0.05) is 0 Å². The first-order chi connectivity index (χ1) is 5.46. The second kappa shape index (κ2) is 3.61. The van der Waals surface area contributed by atoms with Crippen molar-refractivity contribution >= 4 is 0 Å². The molecule has 0 aromatic carbocycles. The van der Waals surface area contributed by atoms with Gasteiger partial charge in [-0.05, 0) is 0 Å². The van der Waals surface area contributed by atoms with Crippen LogP contribution in [-0.2, 0) is 21.4 Å². The summed E-state index contributed by atoms with van der Waals surface area (Å²) in [6, 6.07) is 0. The van der Waals surface area contributed by atoms with Gasteiger partial charge in [-0.1, -0.05) is 0 Å². The summed E-state index contributed by atoms with van der Waals surface area (Å²) in [5.74, 6) is 0. The van der Waals surface area contributed by atoms with Crippen LogP contribution in [0.3, 0.4) is 0 Å². The van der Waals surface area contributed by atoms with Crippen molar-refractivity contribution in [3.63, 3.8) is 0 Å². The standard InChI is InChI=1S/C9H13.2CH3.Hf/c1-6-5-7(2)9(4)8(6)3;;;/h5H,1-4H3;2*1H3;.